The topological polar surface area (TPSA) is 74.9 Å². The summed E-state index contributed by atoms with van der Waals surface area (Å²) in [6.45, 7) is 0.474. The summed E-state index contributed by atoms with van der Waals surface area (Å²) in [4.78, 5) is 34.6. The van der Waals surface area contributed by atoms with Crippen molar-refractivity contribution in [2.75, 3.05) is 27.3 Å². The van der Waals surface area contributed by atoms with Crippen molar-refractivity contribution in [2.24, 2.45) is 0 Å². The SMILES string of the molecule is COc1ccc(CCN2CC(=O)N3C(c4cccc(Cl)c4)c4[nH]c5ccccc5c4C[C@H]3C2=O)cc1OC. The molecule has 3 aromatic carbocycles. The van der Waals surface area contributed by atoms with Gasteiger partial charge < -0.3 is 24.3 Å². The lowest BCUT2D eigenvalue weighted by Crippen LogP contribution is -2.63. The van der Waals surface area contributed by atoms with Crippen molar-refractivity contribution >= 4 is 34.3 Å². The Labute approximate surface area is 225 Å². The summed E-state index contributed by atoms with van der Waals surface area (Å²) in [6.07, 6.45) is 1.07. The van der Waals surface area contributed by atoms with E-state index in [1.807, 2.05) is 60.7 Å². The monoisotopic (exact) mass is 529 g/mol. The van der Waals surface area contributed by atoms with Gasteiger partial charge in [0.1, 0.15) is 6.04 Å². The molecule has 1 saturated heterocycles. The molecule has 0 aliphatic carbocycles. The van der Waals surface area contributed by atoms with Crippen molar-refractivity contribution in [3.05, 3.63) is 94.1 Å². The molecule has 8 heteroatoms. The van der Waals surface area contributed by atoms with Crippen LogP contribution in [0.1, 0.15) is 28.4 Å². The van der Waals surface area contributed by atoms with E-state index < -0.39 is 12.1 Å². The van der Waals surface area contributed by atoms with Crippen molar-refractivity contribution in [2.45, 2.75) is 24.9 Å². The first kappa shape index (κ1) is 24.4. The van der Waals surface area contributed by atoms with Gasteiger partial charge in [0.15, 0.2) is 11.5 Å². The molecule has 1 aromatic heterocycles. The standard InChI is InChI=1S/C30H28ClN3O4/c1-37-25-11-10-18(14-26(25)38-2)12-13-33-17-27(35)34-24(30(33)36)16-22-21-8-3-4-9-23(21)32-28(22)29(34)19-6-5-7-20(31)15-19/h3-11,14-15,24,29,32H,12-13,16-17H2,1-2H3/t24-,29?/m0/s1. The number of carbonyl (C=O) groups excluding carboxylic acids is 2. The Morgan fingerprint density at radius 2 is 1.79 bits per heavy atom. The molecule has 0 saturated carbocycles. The smallest absolute Gasteiger partial charge is 0.246 e. The van der Waals surface area contributed by atoms with Gasteiger partial charge >= 0.3 is 0 Å². The van der Waals surface area contributed by atoms with Gasteiger partial charge in [-0.05, 0) is 53.4 Å². The van der Waals surface area contributed by atoms with Crippen LogP contribution < -0.4 is 9.47 Å². The van der Waals surface area contributed by atoms with E-state index in [9.17, 15) is 9.59 Å². The Hall–Kier alpha value is -3.97. The molecule has 38 heavy (non-hydrogen) atoms. The molecule has 1 fully saturated rings. The minimum Gasteiger partial charge on any atom is -0.493 e. The number of hydrogen-bond acceptors (Lipinski definition) is 4. The molecule has 0 radical (unpaired) electrons. The van der Waals surface area contributed by atoms with Crippen LogP contribution in [0.3, 0.4) is 0 Å². The first-order valence-corrected chi connectivity index (χ1v) is 13.0. The number of H-pyrrole nitrogens is 1. The van der Waals surface area contributed by atoms with E-state index in [4.69, 9.17) is 21.1 Å². The maximum atomic E-state index is 13.9. The number of piperazine rings is 1. The molecular weight excluding hydrogens is 502 g/mol. The van der Waals surface area contributed by atoms with Gasteiger partial charge in [0, 0.05) is 34.6 Å². The number of rotatable bonds is 6. The first-order valence-electron chi connectivity index (χ1n) is 12.6. The molecule has 2 atom stereocenters. The van der Waals surface area contributed by atoms with Crippen LogP contribution in [-0.4, -0.2) is 59.9 Å². The normalized spacial score (nSPS) is 18.9. The van der Waals surface area contributed by atoms with Crippen LogP contribution in [-0.2, 0) is 22.4 Å². The number of benzene rings is 3. The Bertz CT molecular complexity index is 1550. The molecule has 6 rings (SSSR count). The number of aromatic nitrogens is 1. The predicted molar refractivity (Wildman–Crippen MR) is 146 cm³/mol. The zero-order valence-corrected chi connectivity index (χ0v) is 22.0. The summed E-state index contributed by atoms with van der Waals surface area (Å²) in [5, 5.41) is 1.67. The fourth-order valence-corrected chi connectivity index (χ4v) is 6.03. The number of ether oxygens (including phenoxy) is 2. The minimum atomic E-state index is -0.586. The van der Waals surface area contributed by atoms with Crippen LogP contribution in [0.4, 0.5) is 0 Å². The summed E-state index contributed by atoms with van der Waals surface area (Å²) in [6, 6.07) is 20.4. The van der Waals surface area contributed by atoms with Gasteiger partial charge in [-0.1, -0.05) is 48.0 Å². The minimum absolute atomic E-state index is 0.0342. The number of hydrogen-bond donors (Lipinski definition) is 1. The number of fused-ring (bicyclic) bond motifs is 4. The second-order valence-electron chi connectivity index (χ2n) is 9.74. The zero-order valence-electron chi connectivity index (χ0n) is 21.2. The third-order valence-corrected chi connectivity index (χ3v) is 7.86. The molecule has 0 bridgehead atoms. The van der Waals surface area contributed by atoms with Crippen molar-refractivity contribution < 1.29 is 19.1 Å². The largest absolute Gasteiger partial charge is 0.493 e. The van der Waals surface area contributed by atoms with Gasteiger partial charge in [-0.15, -0.1) is 0 Å². The van der Waals surface area contributed by atoms with E-state index in [1.54, 1.807) is 24.0 Å². The number of carbonyl (C=O) groups is 2. The number of aromatic amines is 1. The van der Waals surface area contributed by atoms with Crippen LogP contribution in [0, 0.1) is 0 Å². The fourth-order valence-electron chi connectivity index (χ4n) is 5.84. The second-order valence-corrected chi connectivity index (χ2v) is 10.2. The van der Waals surface area contributed by atoms with Crippen LogP contribution in [0.2, 0.25) is 5.02 Å². The number of methoxy groups -OCH3 is 2. The predicted octanol–water partition coefficient (Wildman–Crippen LogP) is 4.77. The second kappa shape index (κ2) is 9.72. The molecule has 194 valence electrons. The highest BCUT2D eigenvalue weighted by Gasteiger charge is 2.48. The molecule has 7 nitrogen and oxygen atoms in total. The van der Waals surface area contributed by atoms with Crippen LogP contribution in [0.25, 0.3) is 10.9 Å². The van der Waals surface area contributed by atoms with Gasteiger partial charge in [-0.2, -0.15) is 0 Å². The highest BCUT2D eigenvalue weighted by molar-refractivity contribution is 6.30. The zero-order chi connectivity index (χ0) is 26.4. The van der Waals surface area contributed by atoms with Crippen molar-refractivity contribution in [3.63, 3.8) is 0 Å². The van der Waals surface area contributed by atoms with Crippen molar-refractivity contribution in [1.29, 1.82) is 0 Å². The van der Waals surface area contributed by atoms with E-state index in [0.717, 1.165) is 33.3 Å². The number of amides is 2. The van der Waals surface area contributed by atoms with E-state index in [2.05, 4.69) is 11.1 Å². The van der Waals surface area contributed by atoms with Gasteiger partial charge in [0.05, 0.1) is 26.8 Å². The molecule has 1 N–H and O–H groups in total. The Morgan fingerprint density at radius 1 is 0.974 bits per heavy atom. The van der Waals surface area contributed by atoms with E-state index >= 15 is 0 Å². The van der Waals surface area contributed by atoms with E-state index in [-0.39, 0.29) is 18.4 Å². The summed E-state index contributed by atoms with van der Waals surface area (Å²) < 4.78 is 10.8. The number of nitrogens with zero attached hydrogens (tertiary/aromatic N) is 2. The van der Waals surface area contributed by atoms with Crippen LogP contribution in [0.5, 0.6) is 11.5 Å². The number of para-hydroxylation sites is 1. The molecule has 4 aromatic rings. The fraction of sp³-hybridized carbons (Fsp3) is 0.267. The lowest BCUT2D eigenvalue weighted by Gasteiger charge is -2.47. The molecule has 1 unspecified atom stereocenters. The number of nitrogens with one attached hydrogen (secondary N) is 1. The quantitative estimate of drug-likeness (QED) is 0.390. The summed E-state index contributed by atoms with van der Waals surface area (Å²) in [5.74, 6) is 1.19. The average Bonchev–Trinajstić information content (AvgIpc) is 3.31. The Morgan fingerprint density at radius 3 is 2.58 bits per heavy atom. The average molecular weight is 530 g/mol. The Balaban J connectivity index is 1.34. The number of halogens is 1. The lowest BCUT2D eigenvalue weighted by molar-refractivity contribution is -0.158. The maximum absolute atomic E-state index is 13.9. The summed E-state index contributed by atoms with van der Waals surface area (Å²) >= 11 is 6.37. The van der Waals surface area contributed by atoms with Crippen molar-refractivity contribution in [1.82, 2.24) is 14.8 Å². The van der Waals surface area contributed by atoms with E-state index in [0.29, 0.717) is 35.9 Å². The van der Waals surface area contributed by atoms with Crippen LogP contribution >= 0.6 is 11.6 Å². The van der Waals surface area contributed by atoms with Gasteiger partial charge in [0.2, 0.25) is 11.8 Å². The van der Waals surface area contributed by atoms with Gasteiger partial charge in [-0.3, -0.25) is 9.59 Å². The van der Waals surface area contributed by atoms with Crippen molar-refractivity contribution in [3.8, 4) is 11.5 Å². The summed E-state index contributed by atoms with van der Waals surface area (Å²) in [7, 11) is 3.20. The molecule has 2 aliphatic rings. The molecular formula is C30H28ClN3O4. The third kappa shape index (κ3) is 4.07. The summed E-state index contributed by atoms with van der Waals surface area (Å²) in [5.41, 5.74) is 4.91. The Kier molecular flexibility index (Phi) is 6.24. The molecule has 2 amide bonds. The first-order chi connectivity index (χ1) is 18.5. The highest BCUT2D eigenvalue weighted by atomic mass is 35.5. The highest BCUT2D eigenvalue weighted by Crippen LogP contribution is 2.43. The lowest BCUT2D eigenvalue weighted by atomic mass is 9.86. The molecule has 3 heterocycles. The van der Waals surface area contributed by atoms with Gasteiger partial charge in [-0.25, -0.2) is 0 Å². The van der Waals surface area contributed by atoms with Crippen LogP contribution in [0.15, 0.2) is 66.7 Å². The van der Waals surface area contributed by atoms with E-state index in [1.165, 1.54) is 0 Å². The molecule has 2 aliphatic heterocycles. The third-order valence-electron chi connectivity index (χ3n) is 7.63. The molecule has 0 spiro atoms. The van der Waals surface area contributed by atoms with Gasteiger partial charge in [0.25, 0.3) is 0 Å². The maximum Gasteiger partial charge on any atom is 0.246 e.